The maximum atomic E-state index is 10.2. The standard InChI is InChI=1S/C28H33NO2/c1-20-17-22(18-29-26-13-6-7-14-27(26)30)15-16-28(20)31-19-24-11-8-12-25(21(24)2)23-9-4-3-5-10-23/h3-5,8-12,15-17,26-27,29-30H,6-7,13-14,18-19H2,1-2H3/t26-,27-/m1/s1. The van der Waals surface area contributed by atoms with Crippen LogP contribution in [0.25, 0.3) is 11.1 Å². The number of benzene rings is 3. The molecule has 0 saturated heterocycles. The second-order valence-electron chi connectivity index (χ2n) is 8.68. The molecule has 1 aliphatic carbocycles. The highest BCUT2D eigenvalue weighted by Gasteiger charge is 2.22. The van der Waals surface area contributed by atoms with E-state index in [1.165, 1.54) is 34.2 Å². The molecule has 4 rings (SSSR count). The highest BCUT2D eigenvalue weighted by Crippen LogP contribution is 2.27. The van der Waals surface area contributed by atoms with E-state index in [4.69, 9.17) is 4.74 Å². The number of hydrogen-bond acceptors (Lipinski definition) is 3. The Balaban J connectivity index is 1.39. The van der Waals surface area contributed by atoms with Gasteiger partial charge in [0.25, 0.3) is 0 Å². The van der Waals surface area contributed by atoms with Crippen LogP contribution in [0.15, 0.2) is 66.7 Å². The maximum absolute atomic E-state index is 10.2. The summed E-state index contributed by atoms with van der Waals surface area (Å²) in [7, 11) is 0. The van der Waals surface area contributed by atoms with Crippen LogP contribution in [0, 0.1) is 13.8 Å². The van der Waals surface area contributed by atoms with Crippen molar-refractivity contribution in [2.24, 2.45) is 0 Å². The minimum Gasteiger partial charge on any atom is -0.489 e. The smallest absolute Gasteiger partial charge is 0.122 e. The van der Waals surface area contributed by atoms with Gasteiger partial charge in [-0.1, -0.05) is 73.5 Å². The topological polar surface area (TPSA) is 41.5 Å². The van der Waals surface area contributed by atoms with Crippen LogP contribution in [0.5, 0.6) is 5.75 Å². The van der Waals surface area contributed by atoms with E-state index in [0.29, 0.717) is 6.61 Å². The fraction of sp³-hybridized carbons (Fsp3) is 0.357. The predicted octanol–water partition coefficient (Wildman–Crippen LogP) is 5.94. The number of aliphatic hydroxyl groups excluding tert-OH is 1. The molecule has 3 aromatic carbocycles. The summed E-state index contributed by atoms with van der Waals surface area (Å²) in [5.41, 5.74) is 7.32. The average molecular weight is 416 g/mol. The number of aryl methyl sites for hydroxylation is 1. The summed E-state index contributed by atoms with van der Waals surface area (Å²) < 4.78 is 6.20. The van der Waals surface area contributed by atoms with E-state index in [-0.39, 0.29) is 12.1 Å². The first kappa shape index (κ1) is 21.6. The van der Waals surface area contributed by atoms with Crippen LogP contribution in [-0.2, 0) is 13.2 Å². The fourth-order valence-electron chi connectivity index (χ4n) is 4.51. The Hall–Kier alpha value is -2.62. The lowest BCUT2D eigenvalue weighted by molar-refractivity contribution is 0.0902. The third-order valence-corrected chi connectivity index (χ3v) is 6.45. The van der Waals surface area contributed by atoms with Crippen LogP contribution in [-0.4, -0.2) is 17.3 Å². The molecule has 3 nitrogen and oxygen atoms in total. The molecule has 3 aromatic rings. The normalized spacial score (nSPS) is 18.7. The van der Waals surface area contributed by atoms with Crippen LogP contribution in [0.3, 0.4) is 0 Å². The van der Waals surface area contributed by atoms with Gasteiger partial charge in [-0.05, 0) is 66.1 Å². The molecule has 0 spiro atoms. The highest BCUT2D eigenvalue weighted by atomic mass is 16.5. The van der Waals surface area contributed by atoms with Gasteiger partial charge in [0.15, 0.2) is 0 Å². The first-order valence-corrected chi connectivity index (χ1v) is 11.4. The molecular weight excluding hydrogens is 382 g/mol. The SMILES string of the molecule is Cc1cc(CN[C@@H]2CCCC[C@H]2O)ccc1OCc1cccc(-c2ccccc2)c1C. The van der Waals surface area contributed by atoms with E-state index in [2.05, 4.69) is 79.8 Å². The largest absolute Gasteiger partial charge is 0.489 e. The molecule has 1 saturated carbocycles. The number of rotatable bonds is 7. The molecule has 0 radical (unpaired) electrons. The molecule has 1 fully saturated rings. The number of aliphatic hydroxyl groups is 1. The minimum atomic E-state index is -0.215. The average Bonchev–Trinajstić information content (AvgIpc) is 2.79. The summed E-state index contributed by atoms with van der Waals surface area (Å²) in [4.78, 5) is 0. The second-order valence-corrected chi connectivity index (χ2v) is 8.68. The Bertz CT molecular complexity index is 999. The molecule has 2 N–H and O–H groups in total. The van der Waals surface area contributed by atoms with Gasteiger partial charge in [-0.3, -0.25) is 0 Å². The lowest BCUT2D eigenvalue weighted by atomic mass is 9.92. The van der Waals surface area contributed by atoms with Gasteiger partial charge in [0, 0.05) is 12.6 Å². The van der Waals surface area contributed by atoms with Crippen LogP contribution >= 0.6 is 0 Å². The lowest BCUT2D eigenvalue weighted by Crippen LogP contribution is -2.41. The van der Waals surface area contributed by atoms with Crippen molar-refractivity contribution < 1.29 is 9.84 Å². The zero-order valence-electron chi connectivity index (χ0n) is 18.6. The molecule has 0 unspecified atom stereocenters. The Morgan fingerprint density at radius 2 is 1.74 bits per heavy atom. The van der Waals surface area contributed by atoms with Gasteiger partial charge < -0.3 is 15.2 Å². The van der Waals surface area contributed by atoms with Gasteiger partial charge in [-0.2, -0.15) is 0 Å². The summed E-state index contributed by atoms with van der Waals surface area (Å²) in [6, 6.07) is 23.5. The number of nitrogens with one attached hydrogen (secondary N) is 1. The van der Waals surface area contributed by atoms with Crippen LogP contribution < -0.4 is 10.1 Å². The third-order valence-electron chi connectivity index (χ3n) is 6.45. The minimum absolute atomic E-state index is 0.213. The highest BCUT2D eigenvalue weighted by molar-refractivity contribution is 5.68. The van der Waals surface area contributed by atoms with Crippen molar-refractivity contribution in [1.82, 2.24) is 5.32 Å². The summed E-state index contributed by atoms with van der Waals surface area (Å²) in [5.74, 6) is 0.922. The van der Waals surface area contributed by atoms with Crippen LogP contribution in [0.2, 0.25) is 0 Å². The van der Waals surface area contributed by atoms with E-state index < -0.39 is 0 Å². The Morgan fingerprint density at radius 3 is 2.52 bits per heavy atom. The molecule has 0 heterocycles. The fourth-order valence-corrected chi connectivity index (χ4v) is 4.51. The maximum Gasteiger partial charge on any atom is 0.122 e. The number of ether oxygens (including phenoxy) is 1. The first-order valence-electron chi connectivity index (χ1n) is 11.4. The van der Waals surface area contributed by atoms with Crippen molar-refractivity contribution in [3.05, 3.63) is 89.0 Å². The van der Waals surface area contributed by atoms with Gasteiger partial charge >= 0.3 is 0 Å². The molecule has 0 aliphatic heterocycles. The zero-order valence-corrected chi connectivity index (χ0v) is 18.6. The van der Waals surface area contributed by atoms with Gasteiger partial charge in [-0.25, -0.2) is 0 Å². The van der Waals surface area contributed by atoms with Gasteiger partial charge in [0.2, 0.25) is 0 Å². The van der Waals surface area contributed by atoms with Crippen molar-refractivity contribution in [2.75, 3.05) is 0 Å². The molecule has 0 amide bonds. The Kier molecular flexibility index (Phi) is 7.06. The van der Waals surface area contributed by atoms with Crippen molar-refractivity contribution in [1.29, 1.82) is 0 Å². The molecule has 1 aliphatic rings. The van der Waals surface area contributed by atoms with Crippen LogP contribution in [0.1, 0.15) is 47.9 Å². The van der Waals surface area contributed by atoms with Crippen molar-refractivity contribution in [3.8, 4) is 16.9 Å². The molecular formula is C28H33NO2. The van der Waals surface area contributed by atoms with Gasteiger partial charge in [0.1, 0.15) is 12.4 Å². The van der Waals surface area contributed by atoms with E-state index >= 15 is 0 Å². The van der Waals surface area contributed by atoms with Crippen molar-refractivity contribution in [3.63, 3.8) is 0 Å². The van der Waals surface area contributed by atoms with Crippen LogP contribution in [0.4, 0.5) is 0 Å². The molecule has 3 heteroatoms. The molecule has 162 valence electrons. The molecule has 2 atom stereocenters. The quantitative estimate of drug-likeness (QED) is 0.502. The summed E-state index contributed by atoms with van der Waals surface area (Å²) in [6.07, 6.45) is 4.09. The van der Waals surface area contributed by atoms with E-state index in [9.17, 15) is 5.11 Å². The van der Waals surface area contributed by atoms with Crippen molar-refractivity contribution in [2.45, 2.75) is 64.8 Å². The van der Waals surface area contributed by atoms with Gasteiger partial charge in [0.05, 0.1) is 6.10 Å². The Morgan fingerprint density at radius 1 is 0.935 bits per heavy atom. The van der Waals surface area contributed by atoms with E-state index in [0.717, 1.165) is 37.1 Å². The number of hydrogen-bond donors (Lipinski definition) is 2. The third kappa shape index (κ3) is 5.36. The second kappa shape index (κ2) is 10.1. The molecule has 0 aromatic heterocycles. The van der Waals surface area contributed by atoms with E-state index in [1.54, 1.807) is 0 Å². The van der Waals surface area contributed by atoms with Gasteiger partial charge in [-0.15, -0.1) is 0 Å². The molecule has 0 bridgehead atoms. The molecule has 31 heavy (non-hydrogen) atoms. The Labute approximate surface area is 186 Å². The lowest BCUT2D eigenvalue weighted by Gasteiger charge is -2.28. The monoisotopic (exact) mass is 415 g/mol. The predicted molar refractivity (Wildman–Crippen MR) is 127 cm³/mol. The van der Waals surface area contributed by atoms with E-state index in [1.807, 2.05) is 6.07 Å². The summed E-state index contributed by atoms with van der Waals surface area (Å²) in [6.45, 7) is 5.60. The summed E-state index contributed by atoms with van der Waals surface area (Å²) >= 11 is 0. The summed E-state index contributed by atoms with van der Waals surface area (Å²) in [5, 5.41) is 13.7. The zero-order chi connectivity index (χ0) is 21.6. The van der Waals surface area contributed by atoms with Crippen molar-refractivity contribution >= 4 is 0 Å². The first-order chi connectivity index (χ1) is 15.1.